The fourth-order valence-electron chi connectivity index (χ4n) is 3.88. The molecule has 24 heavy (non-hydrogen) atoms. The molecular formula is C20H21N3O. The van der Waals surface area contributed by atoms with Crippen LogP contribution in [0.15, 0.2) is 54.6 Å². The molecule has 122 valence electrons. The van der Waals surface area contributed by atoms with Crippen molar-refractivity contribution in [3.63, 3.8) is 0 Å². The van der Waals surface area contributed by atoms with Gasteiger partial charge in [-0.15, -0.1) is 0 Å². The Morgan fingerprint density at radius 1 is 1.12 bits per heavy atom. The van der Waals surface area contributed by atoms with Gasteiger partial charge in [0.05, 0.1) is 5.92 Å². The first-order valence-electron chi connectivity index (χ1n) is 8.27. The van der Waals surface area contributed by atoms with Gasteiger partial charge in [-0.1, -0.05) is 48.5 Å². The highest BCUT2D eigenvalue weighted by atomic mass is 16.1. The zero-order valence-corrected chi connectivity index (χ0v) is 13.8. The SMILES string of the molecule is Cn1c2c(c3ccccc31)C(C(N)=O)CN(Cc1ccccc1)C2. The second-order valence-corrected chi connectivity index (χ2v) is 6.55. The minimum Gasteiger partial charge on any atom is -0.369 e. The number of hydrogen-bond donors (Lipinski definition) is 1. The van der Waals surface area contributed by atoms with Crippen LogP contribution in [0.3, 0.4) is 0 Å². The number of carbonyl (C=O) groups excluding carboxylic acids is 1. The molecule has 0 radical (unpaired) electrons. The Labute approximate surface area is 141 Å². The van der Waals surface area contributed by atoms with Gasteiger partial charge in [-0.3, -0.25) is 9.69 Å². The molecule has 0 spiro atoms. The number of aromatic nitrogens is 1. The number of para-hydroxylation sites is 1. The fraction of sp³-hybridized carbons (Fsp3) is 0.250. The lowest BCUT2D eigenvalue weighted by atomic mass is 9.91. The van der Waals surface area contributed by atoms with Crippen molar-refractivity contribution in [2.45, 2.75) is 19.0 Å². The number of aryl methyl sites for hydroxylation is 1. The second-order valence-electron chi connectivity index (χ2n) is 6.55. The molecule has 0 saturated heterocycles. The molecule has 3 aromatic rings. The number of nitrogens with zero attached hydrogens (tertiary/aromatic N) is 2. The van der Waals surface area contributed by atoms with Crippen LogP contribution in [0.4, 0.5) is 0 Å². The maximum absolute atomic E-state index is 12.2. The van der Waals surface area contributed by atoms with Crippen LogP contribution < -0.4 is 5.73 Å². The number of benzene rings is 2. The zero-order chi connectivity index (χ0) is 16.7. The standard InChI is InChI=1S/C20H21N3O/c1-22-17-10-6-5-9-15(17)19-16(20(21)24)12-23(13-18(19)22)11-14-7-3-2-4-8-14/h2-10,16H,11-13H2,1H3,(H2,21,24). The van der Waals surface area contributed by atoms with Gasteiger partial charge in [-0.05, 0) is 17.2 Å². The van der Waals surface area contributed by atoms with Crippen molar-refractivity contribution in [3.8, 4) is 0 Å². The van der Waals surface area contributed by atoms with E-state index < -0.39 is 0 Å². The van der Waals surface area contributed by atoms with Gasteiger partial charge in [0.1, 0.15) is 0 Å². The van der Waals surface area contributed by atoms with Crippen LogP contribution in [-0.2, 0) is 24.9 Å². The number of nitrogens with two attached hydrogens (primary N) is 1. The van der Waals surface area contributed by atoms with Crippen LogP contribution in [0.2, 0.25) is 0 Å². The van der Waals surface area contributed by atoms with E-state index in [9.17, 15) is 4.79 Å². The molecule has 1 aromatic heterocycles. The Kier molecular flexibility index (Phi) is 3.62. The van der Waals surface area contributed by atoms with E-state index in [-0.39, 0.29) is 11.8 Å². The van der Waals surface area contributed by atoms with Gasteiger partial charge in [0.15, 0.2) is 0 Å². The van der Waals surface area contributed by atoms with Crippen molar-refractivity contribution in [2.75, 3.05) is 6.54 Å². The normalized spacial score (nSPS) is 17.8. The summed E-state index contributed by atoms with van der Waals surface area (Å²) < 4.78 is 2.21. The molecule has 1 amide bonds. The Balaban J connectivity index is 1.77. The van der Waals surface area contributed by atoms with Crippen LogP contribution in [0.5, 0.6) is 0 Å². The molecule has 4 nitrogen and oxygen atoms in total. The molecule has 0 saturated carbocycles. The minimum absolute atomic E-state index is 0.245. The van der Waals surface area contributed by atoms with Crippen molar-refractivity contribution >= 4 is 16.8 Å². The third kappa shape index (κ3) is 2.39. The van der Waals surface area contributed by atoms with E-state index in [0.29, 0.717) is 6.54 Å². The molecule has 4 rings (SSSR count). The number of hydrogen-bond acceptors (Lipinski definition) is 2. The number of amides is 1. The van der Waals surface area contributed by atoms with Gasteiger partial charge in [0.2, 0.25) is 5.91 Å². The van der Waals surface area contributed by atoms with Gasteiger partial charge in [-0.2, -0.15) is 0 Å². The predicted molar refractivity (Wildman–Crippen MR) is 95.4 cm³/mol. The first-order chi connectivity index (χ1) is 11.6. The van der Waals surface area contributed by atoms with Gasteiger partial charge in [0, 0.05) is 43.3 Å². The van der Waals surface area contributed by atoms with Gasteiger partial charge in [0.25, 0.3) is 0 Å². The van der Waals surface area contributed by atoms with Gasteiger partial charge >= 0.3 is 0 Å². The second kappa shape index (κ2) is 5.80. The number of primary amides is 1. The summed E-state index contributed by atoms with van der Waals surface area (Å²) in [5.74, 6) is -0.506. The molecular weight excluding hydrogens is 298 g/mol. The summed E-state index contributed by atoms with van der Waals surface area (Å²) in [4.78, 5) is 14.5. The maximum atomic E-state index is 12.2. The molecule has 4 heteroatoms. The van der Waals surface area contributed by atoms with Crippen molar-refractivity contribution in [2.24, 2.45) is 12.8 Å². The molecule has 1 aliphatic rings. The van der Waals surface area contributed by atoms with E-state index in [1.54, 1.807) is 0 Å². The van der Waals surface area contributed by atoms with E-state index in [1.807, 2.05) is 30.3 Å². The van der Waals surface area contributed by atoms with Gasteiger partial charge in [-0.25, -0.2) is 0 Å². The predicted octanol–water partition coefficient (Wildman–Crippen LogP) is 2.76. The topological polar surface area (TPSA) is 51.3 Å². The van der Waals surface area contributed by atoms with Crippen LogP contribution in [0, 0.1) is 0 Å². The summed E-state index contributed by atoms with van der Waals surface area (Å²) in [5.41, 5.74) is 10.5. The van der Waals surface area contributed by atoms with Crippen molar-refractivity contribution in [3.05, 3.63) is 71.4 Å². The molecule has 0 aliphatic carbocycles. The van der Waals surface area contributed by atoms with E-state index in [4.69, 9.17) is 5.73 Å². The minimum atomic E-state index is -0.261. The highest BCUT2D eigenvalue weighted by Gasteiger charge is 2.33. The molecule has 2 heterocycles. The molecule has 1 unspecified atom stereocenters. The average molecular weight is 319 g/mol. The lowest BCUT2D eigenvalue weighted by molar-refractivity contribution is -0.120. The summed E-state index contributed by atoms with van der Waals surface area (Å²) in [6.07, 6.45) is 0. The number of carbonyl (C=O) groups is 1. The summed E-state index contributed by atoms with van der Waals surface area (Å²) >= 11 is 0. The first kappa shape index (κ1) is 15.0. The fourth-order valence-corrected chi connectivity index (χ4v) is 3.88. The highest BCUT2D eigenvalue weighted by molar-refractivity contribution is 5.93. The maximum Gasteiger partial charge on any atom is 0.226 e. The summed E-state index contributed by atoms with van der Waals surface area (Å²) in [6, 6.07) is 18.6. The summed E-state index contributed by atoms with van der Waals surface area (Å²) in [5, 5.41) is 1.15. The number of fused-ring (bicyclic) bond motifs is 3. The molecule has 1 atom stereocenters. The number of rotatable bonds is 3. The van der Waals surface area contributed by atoms with Crippen molar-refractivity contribution in [1.82, 2.24) is 9.47 Å². The smallest absolute Gasteiger partial charge is 0.226 e. The Hall–Kier alpha value is -2.59. The average Bonchev–Trinajstić information content (AvgIpc) is 2.88. The summed E-state index contributed by atoms with van der Waals surface area (Å²) in [7, 11) is 2.07. The monoisotopic (exact) mass is 319 g/mol. The van der Waals surface area contributed by atoms with E-state index >= 15 is 0 Å². The van der Waals surface area contributed by atoms with Crippen LogP contribution in [0.25, 0.3) is 10.9 Å². The molecule has 0 bridgehead atoms. The van der Waals surface area contributed by atoms with Gasteiger partial charge < -0.3 is 10.3 Å². The van der Waals surface area contributed by atoms with Crippen LogP contribution >= 0.6 is 0 Å². The van der Waals surface area contributed by atoms with Crippen molar-refractivity contribution in [1.29, 1.82) is 0 Å². The molecule has 0 fully saturated rings. The third-order valence-electron chi connectivity index (χ3n) is 5.03. The molecule has 1 aliphatic heterocycles. The lowest BCUT2D eigenvalue weighted by Gasteiger charge is -2.32. The van der Waals surface area contributed by atoms with E-state index in [1.165, 1.54) is 11.3 Å². The Bertz CT molecular complexity index is 898. The van der Waals surface area contributed by atoms with Crippen molar-refractivity contribution < 1.29 is 4.79 Å². The first-order valence-corrected chi connectivity index (χ1v) is 8.27. The largest absolute Gasteiger partial charge is 0.369 e. The Morgan fingerprint density at radius 2 is 1.83 bits per heavy atom. The van der Waals surface area contributed by atoms with Crippen LogP contribution in [-0.4, -0.2) is 21.9 Å². The molecule has 2 aromatic carbocycles. The lowest BCUT2D eigenvalue weighted by Crippen LogP contribution is -2.39. The zero-order valence-electron chi connectivity index (χ0n) is 13.8. The summed E-state index contributed by atoms with van der Waals surface area (Å²) in [6.45, 7) is 2.33. The van der Waals surface area contributed by atoms with E-state index in [0.717, 1.165) is 29.6 Å². The third-order valence-corrected chi connectivity index (χ3v) is 5.03. The quantitative estimate of drug-likeness (QED) is 0.807. The Morgan fingerprint density at radius 3 is 2.58 bits per heavy atom. The van der Waals surface area contributed by atoms with Crippen LogP contribution in [0.1, 0.15) is 22.7 Å². The highest BCUT2D eigenvalue weighted by Crippen LogP contribution is 2.36. The van der Waals surface area contributed by atoms with E-state index in [2.05, 4.69) is 40.8 Å². The molecule has 2 N–H and O–H groups in total.